The smallest absolute Gasteiger partial charge is 0.129 e. The fourth-order valence-corrected chi connectivity index (χ4v) is 3.08. The monoisotopic (exact) mass is 277 g/mol. The van der Waals surface area contributed by atoms with Crippen molar-refractivity contribution in [3.8, 4) is 0 Å². The van der Waals surface area contributed by atoms with Crippen molar-refractivity contribution < 1.29 is 0 Å². The molecule has 2 aromatic rings. The molecule has 18 heavy (non-hydrogen) atoms. The van der Waals surface area contributed by atoms with Crippen molar-refractivity contribution >= 4 is 40.0 Å². The third-order valence-corrected chi connectivity index (χ3v) is 4.30. The van der Waals surface area contributed by atoms with E-state index >= 15 is 0 Å². The summed E-state index contributed by atoms with van der Waals surface area (Å²) in [6.07, 6.45) is 1.84. The van der Waals surface area contributed by atoms with Crippen LogP contribution >= 0.6 is 23.4 Å². The first-order valence-corrected chi connectivity index (χ1v) is 6.87. The first-order valence-electron chi connectivity index (χ1n) is 5.55. The quantitative estimate of drug-likeness (QED) is 0.870. The average molecular weight is 278 g/mol. The summed E-state index contributed by atoms with van der Waals surface area (Å²) in [4.78, 5) is 6.47. The van der Waals surface area contributed by atoms with Gasteiger partial charge in [-0.1, -0.05) is 35.5 Å². The minimum absolute atomic E-state index is 0.0185. The van der Waals surface area contributed by atoms with Gasteiger partial charge in [0.2, 0.25) is 0 Å². The van der Waals surface area contributed by atoms with E-state index < -0.39 is 0 Å². The molecule has 1 unspecified atom stereocenters. The number of para-hydroxylation sites is 1. The lowest BCUT2D eigenvalue weighted by Crippen LogP contribution is -2.31. The van der Waals surface area contributed by atoms with Crippen molar-refractivity contribution in [2.45, 2.75) is 5.50 Å². The van der Waals surface area contributed by atoms with E-state index in [4.69, 9.17) is 17.3 Å². The maximum Gasteiger partial charge on any atom is 0.129 e. The number of fused-ring (bicyclic) bond motifs is 1. The van der Waals surface area contributed by atoms with Crippen LogP contribution in [0.1, 0.15) is 5.56 Å². The molecule has 2 heterocycles. The van der Waals surface area contributed by atoms with Gasteiger partial charge in [-0.2, -0.15) is 0 Å². The van der Waals surface area contributed by atoms with Crippen LogP contribution in [0.2, 0.25) is 5.02 Å². The summed E-state index contributed by atoms with van der Waals surface area (Å²) in [6, 6.07) is 7.89. The van der Waals surface area contributed by atoms with Gasteiger partial charge in [-0.15, -0.1) is 0 Å². The number of halogens is 1. The van der Waals surface area contributed by atoms with Gasteiger partial charge in [-0.3, -0.25) is 4.98 Å². The van der Waals surface area contributed by atoms with Crippen molar-refractivity contribution in [2.24, 2.45) is 5.73 Å². The second-order valence-electron chi connectivity index (χ2n) is 4.18. The Hall–Kier alpha value is -1.23. The van der Waals surface area contributed by atoms with Gasteiger partial charge in [0.05, 0.1) is 16.2 Å². The van der Waals surface area contributed by atoms with Gasteiger partial charge in [0.25, 0.3) is 0 Å². The molecule has 0 saturated carbocycles. The predicted octanol–water partition coefficient (Wildman–Crippen LogP) is 3.11. The molecular formula is C13H12ClN3S. The molecule has 0 bridgehead atoms. The van der Waals surface area contributed by atoms with Crippen LogP contribution in [0.15, 0.2) is 35.9 Å². The first-order chi connectivity index (χ1) is 8.66. The highest BCUT2D eigenvalue weighted by atomic mass is 35.5. The highest BCUT2D eigenvalue weighted by molar-refractivity contribution is 8.03. The van der Waals surface area contributed by atoms with Gasteiger partial charge < -0.3 is 10.6 Å². The Balaban J connectivity index is 2.10. The number of rotatable bonds is 1. The topological polar surface area (TPSA) is 42.2 Å². The number of nitrogens with zero attached hydrogens (tertiary/aromatic N) is 2. The normalized spacial score (nSPS) is 19.4. The highest BCUT2D eigenvalue weighted by Gasteiger charge is 2.21. The summed E-state index contributed by atoms with van der Waals surface area (Å²) < 4.78 is 0. The molecule has 1 aromatic heterocycles. The Kier molecular flexibility index (Phi) is 2.93. The van der Waals surface area contributed by atoms with Crippen molar-refractivity contribution in [1.82, 2.24) is 9.88 Å². The van der Waals surface area contributed by atoms with Gasteiger partial charge in [-0.25, -0.2) is 0 Å². The lowest BCUT2D eigenvalue weighted by Gasteiger charge is -2.20. The van der Waals surface area contributed by atoms with E-state index in [2.05, 4.69) is 16.5 Å². The lowest BCUT2D eigenvalue weighted by atomic mass is 10.1. The molecule has 2 N–H and O–H groups in total. The Labute approximate surface area is 115 Å². The Morgan fingerprint density at radius 2 is 2.28 bits per heavy atom. The molecule has 1 aliphatic heterocycles. The summed E-state index contributed by atoms with van der Waals surface area (Å²) in [7, 11) is 1.98. The molecule has 1 atom stereocenters. The Morgan fingerprint density at radius 3 is 3.00 bits per heavy atom. The zero-order valence-corrected chi connectivity index (χ0v) is 11.4. The van der Waals surface area contributed by atoms with Crippen molar-refractivity contribution in [1.29, 1.82) is 0 Å². The van der Waals surface area contributed by atoms with Crippen LogP contribution in [0.3, 0.4) is 0 Å². The van der Waals surface area contributed by atoms with E-state index in [0.717, 1.165) is 22.2 Å². The number of benzene rings is 1. The SMILES string of the molecule is CN1C(c2cnc3c(Cl)cccc3c2)=CSC1N. The van der Waals surface area contributed by atoms with Gasteiger partial charge in [-0.05, 0) is 17.5 Å². The fourth-order valence-electron chi connectivity index (χ4n) is 1.98. The number of pyridine rings is 1. The third kappa shape index (κ3) is 1.86. The van der Waals surface area contributed by atoms with Crippen LogP contribution in [0.4, 0.5) is 0 Å². The molecule has 0 radical (unpaired) electrons. The Morgan fingerprint density at radius 1 is 1.44 bits per heavy atom. The number of hydrogen-bond acceptors (Lipinski definition) is 4. The number of aromatic nitrogens is 1. The van der Waals surface area contributed by atoms with E-state index in [1.807, 2.05) is 36.3 Å². The van der Waals surface area contributed by atoms with E-state index in [0.29, 0.717) is 5.02 Å². The number of nitrogens with two attached hydrogens (primary N) is 1. The summed E-state index contributed by atoms with van der Waals surface area (Å²) in [5.74, 6) is 0. The van der Waals surface area contributed by atoms with Gasteiger partial charge in [0.15, 0.2) is 0 Å². The van der Waals surface area contributed by atoms with E-state index in [9.17, 15) is 0 Å². The molecule has 5 heteroatoms. The molecule has 0 fully saturated rings. The van der Waals surface area contributed by atoms with Gasteiger partial charge in [0.1, 0.15) is 5.50 Å². The summed E-state index contributed by atoms with van der Waals surface area (Å²) >= 11 is 7.71. The predicted molar refractivity (Wildman–Crippen MR) is 78.1 cm³/mol. The minimum atomic E-state index is -0.0185. The molecule has 1 aromatic carbocycles. The minimum Gasteiger partial charge on any atom is -0.349 e. The summed E-state index contributed by atoms with van der Waals surface area (Å²) in [5.41, 5.74) is 8.92. The second-order valence-corrected chi connectivity index (χ2v) is 5.57. The first kappa shape index (κ1) is 11.8. The largest absolute Gasteiger partial charge is 0.349 e. The highest BCUT2D eigenvalue weighted by Crippen LogP contribution is 2.33. The van der Waals surface area contributed by atoms with E-state index in [-0.39, 0.29) is 5.50 Å². The van der Waals surface area contributed by atoms with Crippen LogP contribution in [0, 0.1) is 0 Å². The van der Waals surface area contributed by atoms with E-state index in [1.165, 1.54) is 0 Å². The summed E-state index contributed by atoms with van der Waals surface area (Å²) in [6.45, 7) is 0. The Bertz CT molecular complexity index is 641. The zero-order chi connectivity index (χ0) is 12.7. The molecule has 0 spiro atoms. The van der Waals surface area contributed by atoms with Crippen LogP contribution in [0.5, 0.6) is 0 Å². The maximum absolute atomic E-state index is 6.11. The van der Waals surface area contributed by atoms with Crippen LogP contribution in [-0.2, 0) is 0 Å². The molecule has 3 nitrogen and oxygen atoms in total. The van der Waals surface area contributed by atoms with Crippen LogP contribution < -0.4 is 5.73 Å². The van der Waals surface area contributed by atoms with Crippen LogP contribution in [-0.4, -0.2) is 22.4 Å². The fraction of sp³-hybridized carbons (Fsp3) is 0.154. The third-order valence-electron chi connectivity index (χ3n) is 3.04. The molecule has 3 rings (SSSR count). The lowest BCUT2D eigenvalue weighted by molar-refractivity contribution is 0.468. The van der Waals surface area contributed by atoms with Gasteiger partial charge in [0, 0.05) is 24.2 Å². The molecular weight excluding hydrogens is 266 g/mol. The van der Waals surface area contributed by atoms with Gasteiger partial charge >= 0.3 is 0 Å². The molecule has 1 aliphatic rings. The molecule has 92 valence electrons. The number of thioether (sulfide) groups is 1. The molecule has 0 saturated heterocycles. The molecule has 0 amide bonds. The standard InChI is InChI=1S/C13H12ClN3S/c1-17-11(7-18-13(17)15)9-5-8-3-2-4-10(14)12(8)16-6-9/h2-7,13H,15H2,1H3. The summed E-state index contributed by atoms with van der Waals surface area (Å²) in [5, 5.41) is 3.79. The van der Waals surface area contributed by atoms with Crippen molar-refractivity contribution in [3.05, 3.63) is 46.5 Å². The maximum atomic E-state index is 6.11. The van der Waals surface area contributed by atoms with Crippen LogP contribution in [0.25, 0.3) is 16.6 Å². The molecule has 0 aliphatic carbocycles. The number of hydrogen-bond donors (Lipinski definition) is 1. The van der Waals surface area contributed by atoms with E-state index in [1.54, 1.807) is 11.8 Å². The average Bonchev–Trinajstić information content (AvgIpc) is 2.70. The zero-order valence-electron chi connectivity index (χ0n) is 9.80. The van der Waals surface area contributed by atoms with Crippen molar-refractivity contribution in [3.63, 3.8) is 0 Å². The second kappa shape index (κ2) is 4.46. The van der Waals surface area contributed by atoms with Crippen molar-refractivity contribution in [2.75, 3.05) is 7.05 Å².